The Balaban J connectivity index is 2.11. The van der Waals surface area contributed by atoms with E-state index in [1.54, 1.807) is 13.1 Å². The zero-order valence-electron chi connectivity index (χ0n) is 10.8. The Labute approximate surface area is 107 Å². The van der Waals surface area contributed by atoms with Crippen molar-refractivity contribution in [2.24, 2.45) is 0 Å². The number of hydrogen-bond donors (Lipinski definition) is 2. The number of aliphatic hydroxyl groups excluding tert-OH is 1. The van der Waals surface area contributed by atoms with Gasteiger partial charge >= 0.3 is 0 Å². The molecule has 0 spiro atoms. The fourth-order valence-electron chi connectivity index (χ4n) is 2.00. The number of anilines is 1. The minimum Gasteiger partial charge on any atom is -0.389 e. The van der Waals surface area contributed by atoms with Gasteiger partial charge in [0.15, 0.2) is 0 Å². The Hall–Kier alpha value is -1.81. The van der Waals surface area contributed by atoms with Gasteiger partial charge in [0.2, 0.25) is 0 Å². The maximum atomic E-state index is 9.70. The number of aromatic nitrogens is 2. The maximum Gasteiger partial charge on any atom is 0.0781 e. The molecule has 1 heterocycles. The van der Waals surface area contributed by atoms with Crippen molar-refractivity contribution < 1.29 is 5.11 Å². The summed E-state index contributed by atoms with van der Waals surface area (Å²) in [6.45, 7) is 5.41. The van der Waals surface area contributed by atoms with Crippen molar-refractivity contribution >= 4 is 5.69 Å². The third-order valence-corrected chi connectivity index (χ3v) is 2.97. The van der Waals surface area contributed by atoms with Crippen LogP contribution in [0.2, 0.25) is 0 Å². The third kappa shape index (κ3) is 2.71. The van der Waals surface area contributed by atoms with Crippen molar-refractivity contribution in [1.82, 2.24) is 9.78 Å². The van der Waals surface area contributed by atoms with E-state index in [0.29, 0.717) is 6.54 Å². The van der Waals surface area contributed by atoms with Crippen molar-refractivity contribution in [3.8, 4) is 0 Å². The van der Waals surface area contributed by atoms with E-state index in [1.807, 2.05) is 35.0 Å². The summed E-state index contributed by atoms with van der Waals surface area (Å²) in [7, 11) is 0. The molecule has 4 heteroatoms. The summed E-state index contributed by atoms with van der Waals surface area (Å²) in [6, 6.07) is 9.81. The molecule has 1 aromatic carbocycles. The van der Waals surface area contributed by atoms with Gasteiger partial charge in [0.1, 0.15) is 0 Å². The molecule has 1 unspecified atom stereocenters. The lowest BCUT2D eigenvalue weighted by Gasteiger charge is -2.14. The number of aryl methyl sites for hydroxylation is 1. The van der Waals surface area contributed by atoms with Gasteiger partial charge in [-0.05, 0) is 26.0 Å². The molecule has 0 radical (unpaired) electrons. The van der Waals surface area contributed by atoms with E-state index in [4.69, 9.17) is 0 Å². The zero-order chi connectivity index (χ0) is 13.0. The van der Waals surface area contributed by atoms with Gasteiger partial charge in [0, 0.05) is 24.0 Å². The number of nitrogens with one attached hydrogen (secondary N) is 1. The number of para-hydroxylation sites is 1. The quantitative estimate of drug-likeness (QED) is 0.851. The molecule has 4 nitrogen and oxygen atoms in total. The summed E-state index contributed by atoms with van der Waals surface area (Å²) in [5, 5.41) is 17.3. The molecule has 0 aliphatic carbocycles. The largest absolute Gasteiger partial charge is 0.389 e. The fourth-order valence-corrected chi connectivity index (χ4v) is 2.00. The second kappa shape index (κ2) is 5.69. The molecule has 0 fully saturated rings. The Kier molecular flexibility index (Phi) is 3.99. The molecule has 1 aromatic heterocycles. The van der Waals surface area contributed by atoms with Gasteiger partial charge in [-0.25, -0.2) is 0 Å². The molecular weight excluding hydrogens is 226 g/mol. The summed E-state index contributed by atoms with van der Waals surface area (Å²) in [6.07, 6.45) is 1.34. The SMILES string of the molecule is CCn1nccc1CNc1ccccc1C(C)O. The molecule has 96 valence electrons. The molecule has 1 atom stereocenters. The fraction of sp³-hybridized carbons (Fsp3) is 0.357. The van der Waals surface area contributed by atoms with Crippen molar-refractivity contribution in [2.45, 2.75) is 33.0 Å². The topological polar surface area (TPSA) is 50.1 Å². The third-order valence-electron chi connectivity index (χ3n) is 2.97. The van der Waals surface area contributed by atoms with Gasteiger partial charge in [-0.1, -0.05) is 18.2 Å². The lowest BCUT2D eigenvalue weighted by molar-refractivity contribution is 0.200. The van der Waals surface area contributed by atoms with Crippen molar-refractivity contribution in [3.63, 3.8) is 0 Å². The lowest BCUT2D eigenvalue weighted by Crippen LogP contribution is -2.09. The summed E-state index contributed by atoms with van der Waals surface area (Å²) in [5.41, 5.74) is 3.02. The second-order valence-corrected chi connectivity index (χ2v) is 4.26. The average molecular weight is 245 g/mol. The minimum atomic E-state index is -0.468. The highest BCUT2D eigenvalue weighted by molar-refractivity contribution is 5.52. The van der Waals surface area contributed by atoms with Crippen LogP contribution in [0.5, 0.6) is 0 Å². The maximum absolute atomic E-state index is 9.70. The van der Waals surface area contributed by atoms with Gasteiger partial charge < -0.3 is 10.4 Å². The van der Waals surface area contributed by atoms with Crippen LogP contribution in [0.15, 0.2) is 36.5 Å². The van der Waals surface area contributed by atoms with E-state index in [9.17, 15) is 5.11 Å². The van der Waals surface area contributed by atoms with Crippen LogP contribution in [-0.2, 0) is 13.1 Å². The molecule has 0 aliphatic rings. The number of rotatable bonds is 5. The second-order valence-electron chi connectivity index (χ2n) is 4.26. The molecule has 0 saturated heterocycles. The Morgan fingerprint density at radius 1 is 1.33 bits per heavy atom. The summed E-state index contributed by atoms with van der Waals surface area (Å²) in [5.74, 6) is 0. The highest BCUT2D eigenvalue weighted by atomic mass is 16.3. The number of hydrogen-bond acceptors (Lipinski definition) is 3. The van der Waals surface area contributed by atoms with Gasteiger partial charge in [0.25, 0.3) is 0 Å². The number of benzene rings is 1. The van der Waals surface area contributed by atoms with Gasteiger partial charge in [-0.2, -0.15) is 5.10 Å². The van der Waals surface area contributed by atoms with Crippen LogP contribution in [0.3, 0.4) is 0 Å². The molecule has 2 rings (SSSR count). The lowest BCUT2D eigenvalue weighted by atomic mass is 10.1. The van der Waals surface area contributed by atoms with Crippen LogP contribution >= 0.6 is 0 Å². The molecular formula is C14H19N3O. The Bertz CT molecular complexity index is 505. The Morgan fingerprint density at radius 3 is 2.83 bits per heavy atom. The predicted molar refractivity (Wildman–Crippen MR) is 72.3 cm³/mol. The molecule has 0 bridgehead atoms. The Morgan fingerprint density at radius 2 is 2.11 bits per heavy atom. The first-order valence-corrected chi connectivity index (χ1v) is 6.24. The first-order chi connectivity index (χ1) is 8.72. The normalized spacial score (nSPS) is 12.4. The molecule has 2 N–H and O–H groups in total. The molecule has 2 aromatic rings. The van der Waals surface area contributed by atoms with Crippen LogP contribution in [0.25, 0.3) is 0 Å². The first-order valence-electron chi connectivity index (χ1n) is 6.24. The number of aliphatic hydroxyl groups is 1. The molecule has 0 saturated carbocycles. The summed E-state index contributed by atoms with van der Waals surface area (Å²) in [4.78, 5) is 0. The van der Waals surface area contributed by atoms with E-state index in [2.05, 4.69) is 17.3 Å². The predicted octanol–water partition coefficient (Wildman–Crippen LogP) is 2.57. The van der Waals surface area contributed by atoms with Crippen LogP contribution in [0.4, 0.5) is 5.69 Å². The summed E-state index contributed by atoms with van der Waals surface area (Å²) < 4.78 is 1.96. The zero-order valence-corrected chi connectivity index (χ0v) is 10.8. The van der Waals surface area contributed by atoms with Crippen molar-refractivity contribution in [3.05, 3.63) is 47.8 Å². The molecule has 0 amide bonds. The van der Waals surface area contributed by atoms with E-state index in [0.717, 1.165) is 23.5 Å². The average Bonchev–Trinajstić information content (AvgIpc) is 2.84. The highest BCUT2D eigenvalue weighted by Crippen LogP contribution is 2.22. The van der Waals surface area contributed by atoms with Gasteiger partial charge in [-0.3, -0.25) is 4.68 Å². The molecule has 18 heavy (non-hydrogen) atoms. The van der Waals surface area contributed by atoms with Crippen molar-refractivity contribution in [1.29, 1.82) is 0 Å². The monoisotopic (exact) mass is 245 g/mol. The summed E-state index contributed by atoms with van der Waals surface area (Å²) >= 11 is 0. The first kappa shape index (κ1) is 12.6. The van der Waals surface area contributed by atoms with E-state index >= 15 is 0 Å². The van der Waals surface area contributed by atoms with Gasteiger partial charge in [0.05, 0.1) is 18.3 Å². The number of nitrogens with zero attached hydrogens (tertiary/aromatic N) is 2. The van der Waals surface area contributed by atoms with Crippen LogP contribution < -0.4 is 5.32 Å². The smallest absolute Gasteiger partial charge is 0.0781 e. The van der Waals surface area contributed by atoms with Crippen LogP contribution in [-0.4, -0.2) is 14.9 Å². The molecule has 0 aliphatic heterocycles. The van der Waals surface area contributed by atoms with E-state index < -0.39 is 6.10 Å². The van der Waals surface area contributed by atoms with Crippen LogP contribution in [0, 0.1) is 0 Å². The highest BCUT2D eigenvalue weighted by Gasteiger charge is 2.07. The standard InChI is InChI=1S/C14H19N3O/c1-3-17-12(8-9-16-17)10-15-14-7-5-4-6-13(14)11(2)18/h4-9,11,15,18H,3,10H2,1-2H3. The van der Waals surface area contributed by atoms with Crippen LogP contribution in [0.1, 0.15) is 31.2 Å². The van der Waals surface area contributed by atoms with E-state index in [-0.39, 0.29) is 0 Å². The minimum absolute atomic E-state index is 0.468. The van der Waals surface area contributed by atoms with Gasteiger partial charge in [-0.15, -0.1) is 0 Å². The van der Waals surface area contributed by atoms with E-state index in [1.165, 1.54) is 0 Å². The van der Waals surface area contributed by atoms with Crippen molar-refractivity contribution in [2.75, 3.05) is 5.32 Å².